The molecule has 0 saturated carbocycles. The van der Waals surface area contributed by atoms with Crippen LogP contribution in [0.15, 0.2) is 48.5 Å². The molecule has 8 nitrogen and oxygen atoms in total. The normalized spacial score (nSPS) is 27.3. The molecule has 4 heterocycles. The molecule has 0 radical (unpaired) electrons. The van der Waals surface area contributed by atoms with E-state index in [4.69, 9.17) is 9.47 Å². The SMILES string of the molecule is CN1c2ccccc2[C@]2([C@@]34CCN(C(=O)OCC[Si](C)(C)C)[C@H]3N(C)c3ccccc34)CCN(C(=O)OCC[Si](C)(C)C)[C@H]12. The van der Waals surface area contributed by atoms with E-state index in [1.54, 1.807) is 0 Å². The Morgan fingerprint density at radius 3 is 1.41 bits per heavy atom. The molecule has 4 aliphatic heterocycles. The molecule has 2 aromatic rings. The number of hydrogen-bond donors (Lipinski definition) is 0. The monoisotopic (exact) mass is 634 g/mol. The van der Waals surface area contributed by atoms with E-state index in [2.05, 4.69) is 112 Å². The van der Waals surface area contributed by atoms with Crippen LogP contribution in [0.25, 0.3) is 0 Å². The Labute approximate surface area is 265 Å². The van der Waals surface area contributed by atoms with E-state index in [1.807, 2.05) is 9.80 Å². The molecule has 0 aromatic heterocycles. The molecule has 0 bridgehead atoms. The second-order valence-corrected chi connectivity index (χ2v) is 26.9. The molecule has 44 heavy (non-hydrogen) atoms. The van der Waals surface area contributed by atoms with Crippen LogP contribution in [0.3, 0.4) is 0 Å². The fourth-order valence-electron chi connectivity index (χ4n) is 8.66. The van der Waals surface area contributed by atoms with Gasteiger partial charge in [0, 0.05) is 54.7 Å². The highest BCUT2D eigenvalue weighted by atomic mass is 28.3. The van der Waals surface area contributed by atoms with Gasteiger partial charge in [0.1, 0.15) is 12.3 Å². The molecule has 2 saturated heterocycles. The average molecular weight is 635 g/mol. The molecule has 2 amide bonds. The van der Waals surface area contributed by atoms with Crippen LogP contribution in [-0.4, -0.2) is 90.9 Å². The van der Waals surface area contributed by atoms with E-state index in [0.29, 0.717) is 26.3 Å². The van der Waals surface area contributed by atoms with Crippen LogP contribution in [-0.2, 0) is 20.3 Å². The number of nitrogens with zero attached hydrogens (tertiary/aromatic N) is 4. The maximum absolute atomic E-state index is 13.9. The van der Waals surface area contributed by atoms with Gasteiger partial charge in [-0.25, -0.2) is 9.59 Å². The summed E-state index contributed by atoms with van der Waals surface area (Å²) in [5.74, 6) is 0. The lowest BCUT2D eigenvalue weighted by Crippen LogP contribution is -2.64. The van der Waals surface area contributed by atoms with Crippen LogP contribution >= 0.6 is 0 Å². The lowest BCUT2D eigenvalue weighted by molar-refractivity contribution is 0.0702. The van der Waals surface area contributed by atoms with E-state index < -0.39 is 27.0 Å². The zero-order valence-electron chi connectivity index (χ0n) is 27.9. The van der Waals surface area contributed by atoms with Crippen LogP contribution in [0.4, 0.5) is 21.0 Å². The summed E-state index contributed by atoms with van der Waals surface area (Å²) in [6.45, 7) is 16.0. The van der Waals surface area contributed by atoms with Crippen LogP contribution in [0.1, 0.15) is 24.0 Å². The Morgan fingerprint density at radius 2 is 1.05 bits per heavy atom. The molecule has 10 heteroatoms. The average Bonchev–Trinajstić information content (AvgIpc) is 3.67. The molecule has 238 valence electrons. The van der Waals surface area contributed by atoms with Gasteiger partial charge in [0.25, 0.3) is 0 Å². The number of carbonyl (C=O) groups is 2. The Balaban J connectivity index is 1.44. The first-order valence-electron chi connectivity index (χ1n) is 16.2. The van der Waals surface area contributed by atoms with Gasteiger partial charge in [-0.05, 0) is 48.2 Å². The number of likely N-dealkylation sites (N-methyl/N-ethyl adjacent to an activating group) is 2. The Hall–Kier alpha value is -2.99. The zero-order valence-corrected chi connectivity index (χ0v) is 29.9. The van der Waals surface area contributed by atoms with E-state index >= 15 is 0 Å². The predicted molar refractivity (Wildman–Crippen MR) is 182 cm³/mol. The summed E-state index contributed by atoms with van der Waals surface area (Å²) in [6, 6.07) is 19.2. The maximum atomic E-state index is 13.9. The van der Waals surface area contributed by atoms with Crippen molar-refractivity contribution in [2.24, 2.45) is 0 Å². The number of carbonyl (C=O) groups excluding carboxylic acids is 2. The summed E-state index contributed by atoms with van der Waals surface area (Å²) in [6.07, 6.45) is 0.651. The molecule has 6 rings (SSSR count). The van der Waals surface area contributed by atoms with Crippen molar-refractivity contribution in [3.8, 4) is 0 Å². The van der Waals surface area contributed by atoms with Crippen molar-refractivity contribution in [1.82, 2.24) is 9.80 Å². The molecule has 2 fully saturated rings. The second-order valence-electron chi connectivity index (χ2n) is 15.7. The lowest BCUT2D eigenvalue weighted by atomic mass is 9.55. The first kappa shape index (κ1) is 31.0. The van der Waals surface area contributed by atoms with Crippen molar-refractivity contribution in [2.75, 3.05) is 50.2 Å². The highest BCUT2D eigenvalue weighted by Crippen LogP contribution is 2.68. The smallest absolute Gasteiger partial charge is 0.411 e. The van der Waals surface area contributed by atoms with Gasteiger partial charge in [-0.1, -0.05) is 75.7 Å². The minimum atomic E-state index is -1.36. The van der Waals surface area contributed by atoms with Gasteiger partial charge in [-0.3, -0.25) is 9.80 Å². The van der Waals surface area contributed by atoms with E-state index in [0.717, 1.165) is 36.3 Å². The third-order valence-electron chi connectivity index (χ3n) is 10.6. The maximum Gasteiger partial charge on any atom is 0.411 e. The molecule has 4 atom stereocenters. The van der Waals surface area contributed by atoms with Crippen molar-refractivity contribution >= 4 is 39.7 Å². The van der Waals surface area contributed by atoms with Gasteiger partial charge in [-0.2, -0.15) is 0 Å². The molecular weight excluding hydrogens is 585 g/mol. The number of hydrogen-bond acceptors (Lipinski definition) is 6. The van der Waals surface area contributed by atoms with Crippen molar-refractivity contribution in [3.05, 3.63) is 59.7 Å². The fraction of sp³-hybridized carbons (Fsp3) is 0.588. The number of ether oxygens (including phenoxy) is 2. The highest BCUT2D eigenvalue weighted by Gasteiger charge is 2.75. The fourth-order valence-corrected chi connectivity index (χ4v) is 10.1. The van der Waals surface area contributed by atoms with Gasteiger partial charge >= 0.3 is 12.2 Å². The minimum absolute atomic E-state index is 0.232. The molecule has 4 aliphatic rings. The Bertz CT molecular complexity index is 1330. The topological polar surface area (TPSA) is 65.6 Å². The third-order valence-corrected chi connectivity index (χ3v) is 14.1. The van der Waals surface area contributed by atoms with Crippen molar-refractivity contribution in [2.45, 2.75) is 87.4 Å². The van der Waals surface area contributed by atoms with Crippen LogP contribution in [0, 0.1) is 0 Å². The number of para-hydroxylation sites is 2. The summed E-state index contributed by atoms with van der Waals surface area (Å²) in [5.41, 5.74) is 3.91. The molecule has 0 spiro atoms. The van der Waals surface area contributed by atoms with Gasteiger partial charge in [0.05, 0.1) is 24.0 Å². The number of rotatable bonds is 7. The Morgan fingerprint density at radius 1 is 0.682 bits per heavy atom. The van der Waals surface area contributed by atoms with Crippen LogP contribution in [0.5, 0.6) is 0 Å². The minimum Gasteiger partial charge on any atom is -0.450 e. The van der Waals surface area contributed by atoms with Crippen molar-refractivity contribution in [3.63, 3.8) is 0 Å². The largest absolute Gasteiger partial charge is 0.450 e. The molecule has 2 aromatic carbocycles. The summed E-state index contributed by atoms with van der Waals surface area (Å²) in [7, 11) is 1.52. The van der Waals surface area contributed by atoms with Gasteiger partial charge < -0.3 is 19.3 Å². The predicted octanol–water partition coefficient (Wildman–Crippen LogP) is 6.78. The number of benzene rings is 2. The quantitative estimate of drug-likeness (QED) is 0.313. The van der Waals surface area contributed by atoms with E-state index in [1.165, 1.54) is 11.1 Å². The molecule has 0 unspecified atom stereocenters. The highest BCUT2D eigenvalue weighted by molar-refractivity contribution is 6.76. The molecule has 0 N–H and O–H groups in total. The lowest BCUT2D eigenvalue weighted by Gasteiger charge is -2.50. The molecular formula is C34H50N4O4Si2. The van der Waals surface area contributed by atoms with Crippen LogP contribution in [0.2, 0.25) is 51.4 Å². The first-order chi connectivity index (χ1) is 20.7. The molecule has 0 aliphatic carbocycles. The summed E-state index contributed by atoms with van der Waals surface area (Å²) >= 11 is 0. The summed E-state index contributed by atoms with van der Waals surface area (Å²) in [4.78, 5) is 36.3. The van der Waals surface area contributed by atoms with Crippen molar-refractivity contribution in [1.29, 1.82) is 0 Å². The van der Waals surface area contributed by atoms with Gasteiger partial charge in [0.15, 0.2) is 0 Å². The zero-order chi connectivity index (χ0) is 31.7. The van der Waals surface area contributed by atoms with E-state index in [-0.39, 0.29) is 24.5 Å². The second kappa shape index (κ2) is 10.8. The summed E-state index contributed by atoms with van der Waals surface area (Å²) < 4.78 is 12.0. The van der Waals surface area contributed by atoms with Gasteiger partial charge in [0.2, 0.25) is 0 Å². The standard InChI is InChI=1S/C34H50N4O4Si2/c1-35-27-15-11-9-13-25(27)33(17-19-37(29(33)35)31(39)41-21-23-43(3,4)5)34-18-20-38(32(40)42-22-24-44(6,7)8)30(34)36(2)28-16-12-10-14-26(28)34/h9-16,29-30H,17-24H2,1-8H3/t29-,30+,33-,34-/m1/s1. The Kier molecular flexibility index (Phi) is 7.63. The van der Waals surface area contributed by atoms with Crippen molar-refractivity contribution < 1.29 is 19.1 Å². The van der Waals surface area contributed by atoms with Gasteiger partial charge in [-0.15, -0.1) is 0 Å². The first-order valence-corrected chi connectivity index (χ1v) is 23.7. The summed E-state index contributed by atoms with van der Waals surface area (Å²) in [5, 5.41) is 0. The third kappa shape index (κ3) is 4.66. The number of likely N-dealkylation sites (tertiary alicyclic amines) is 2. The number of amides is 2. The number of anilines is 2. The van der Waals surface area contributed by atoms with E-state index in [9.17, 15) is 9.59 Å². The number of fused-ring (bicyclic) bond motifs is 7. The van der Waals surface area contributed by atoms with Crippen LogP contribution < -0.4 is 9.80 Å².